The van der Waals surface area contributed by atoms with Gasteiger partial charge in [0.1, 0.15) is 6.04 Å². The molecule has 0 bridgehead atoms. The van der Waals surface area contributed by atoms with Gasteiger partial charge in [0.2, 0.25) is 17.7 Å². The lowest BCUT2D eigenvalue weighted by molar-refractivity contribution is -0.148. The summed E-state index contributed by atoms with van der Waals surface area (Å²) in [6.45, 7) is 6.17. The topological polar surface area (TPSA) is 69.7 Å². The molecule has 0 unspecified atom stereocenters. The quantitative estimate of drug-likeness (QED) is 0.784. The molecule has 0 aromatic carbocycles. The molecular formula is C16H27N3O3S. The van der Waals surface area contributed by atoms with Crippen molar-refractivity contribution in [2.75, 3.05) is 24.7 Å². The Labute approximate surface area is 142 Å². The maximum absolute atomic E-state index is 12.8. The summed E-state index contributed by atoms with van der Waals surface area (Å²) in [6, 6.07) is -0.366. The Morgan fingerprint density at radius 2 is 2.00 bits per heavy atom. The zero-order valence-electron chi connectivity index (χ0n) is 14.2. The minimum atomic E-state index is -0.417. The average molecular weight is 341 g/mol. The molecule has 0 aromatic rings. The first-order valence-corrected chi connectivity index (χ1v) is 9.55. The van der Waals surface area contributed by atoms with E-state index >= 15 is 0 Å². The highest BCUT2D eigenvalue weighted by Gasteiger charge is 2.40. The van der Waals surface area contributed by atoms with E-state index in [4.69, 9.17) is 0 Å². The summed E-state index contributed by atoms with van der Waals surface area (Å²) < 4.78 is 0. The fraction of sp³-hybridized carbons (Fsp3) is 0.812. The van der Waals surface area contributed by atoms with E-state index in [2.05, 4.69) is 5.32 Å². The van der Waals surface area contributed by atoms with Crippen molar-refractivity contribution in [3.8, 4) is 0 Å². The Kier molecular flexibility index (Phi) is 6.33. The summed E-state index contributed by atoms with van der Waals surface area (Å²) >= 11 is 1.61. The number of rotatable bonds is 6. The molecule has 1 atom stereocenters. The molecule has 0 aromatic heterocycles. The number of nitrogens with zero attached hydrogens (tertiary/aromatic N) is 2. The van der Waals surface area contributed by atoms with Gasteiger partial charge in [0.05, 0.1) is 12.4 Å². The highest BCUT2D eigenvalue weighted by atomic mass is 32.2. The summed E-state index contributed by atoms with van der Waals surface area (Å²) in [6.07, 6.45) is 2.98. The molecule has 0 radical (unpaired) electrons. The van der Waals surface area contributed by atoms with Gasteiger partial charge in [-0.05, 0) is 33.6 Å². The van der Waals surface area contributed by atoms with E-state index in [1.54, 1.807) is 21.6 Å². The van der Waals surface area contributed by atoms with E-state index < -0.39 is 6.04 Å². The average Bonchev–Trinajstić information content (AvgIpc) is 2.90. The van der Waals surface area contributed by atoms with Crippen LogP contribution in [-0.2, 0) is 14.4 Å². The maximum Gasteiger partial charge on any atom is 0.246 e. The standard InChI is InChI=1S/C16H27N3O3S/c1-4-18(8-14(20)17-11(2)3)16(22)13-9-23-10-19(13)15(21)12-6-5-7-12/h11-13H,4-10H2,1-3H3,(H,17,20)/t13-/m1/s1. The number of nitrogens with one attached hydrogen (secondary N) is 1. The third-order valence-corrected chi connectivity index (χ3v) is 5.39. The molecule has 1 saturated heterocycles. The fourth-order valence-corrected chi connectivity index (χ4v) is 4.01. The lowest BCUT2D eigenvalue weighted by atomic mass is 9.84. The number of carbonyl (C=O) groups is 3. The Balaban J connectivity index is 1.98. The zero-order chi connectivity index (χ0) is 17.0. The lowest BCUT2D eigenvalue weighted by Gasteiger charge is -2.33. The minimum Gasteiger partial charge on any atom is -0.352 e. The predicted molar refractivity (Wildman–Crippen MR) is 90.8 cm³/mol. The van der Waals surface area contributed by atoms with Crippen molar-refractivity contribution in [1.29, 1.82) is 0 Å². The van der Waals surface area contributed by atoms with Crippen LogP contribution in [0.1, 0.15) is 40.0 Å². The summed E-state index contributed by atoms with van der Waals surface area (Å²) in [4.78, 5) is 40.5. The van der Waals surface area contributed by atoms with Crippen LogP contribution in [0.25, 0.3) is 0 Å². The largest absolute Gasteiger partial charge is 0.352 e. The Bertz CT molecular complexity index is 465. The van der Waals surface area contributed by atoms with Gasteiger partial charge in [-0.1, -0.05) is 6.42 Å². The van der Waals surface area contributed by atoms with Gasteiger partial charge in [-0.2, -0.15) is 0 Å². The Hall–Kier alpha value is -1.24. The molecule has 1 aliphatic heterocycles. The molecule has 2 rings (SSSR count). The summed E-state index contributed by atoms with van der Waals surface area (Å²) in [7, 11) is 0. The van der Waals surface area contributed by atoms with Gasteiger partial charge in [0.15, 0.2) is 0 Å². The number of hydrogen-bond donors (Lipinski definition) is 1. The smallest absolute Gasteiger partial charge is 0.246 e. The lowest BCUT2D eigenvalue weighted by Crippen LogP contribution is -2.53. The number of thioether (sulfide) groups is 1. The Morgan fingerprint density at radius 1 is 1.30 bits per heavy atom. The van der Waals surface area contributed by atoms with Crippen molar-refractivity contribution in [3.05, 3.63) is 0 Å². The number of amides is 3. The van der Waals surface area contributed by atoms with Gasteiger partial charge in [-0.3, -0.25) is 14.4 Å². The van der Waals surface area contributed by atoms with Crippen LogP contribution < -0.4 is 5.32 Å². The first kappa shape index (κ1) is 18.1. The van der Waals surface area contributed by atoms with Crippen LogP contribution in [0.2, 0.25) is 0 Å². The molecule has 1 saturated carbocycles. The van der Waals surface area contributed by atoms with Crippen molar-refractivity contribution < 1.29 is 14.4 Å². The first-order chi connectivity index (χ1) is 10.9. The molecule has 2 aliphatic rings. The number of carbonyl (C=O) groups excluding carboxylic acids is 3. The van der Waals surface area contributed by atoms with Crippen molar-refractivity contribution in [3.63, 3.8) is 0 Å². The third kappa shape index (κ3) is 4.40. The summed E-state index contributed by atoms with van der Waals surface area (Å²) in [5.41, 5.74) is 0. The van der Waals surface area contributed by atoms with Crippen molar-refractivity contribution in [1.82, 2.24) is 15.1 Å². The van der Waals surface area contributed by atoms with Crippen LogP contribution in [0.15, 0.2) is 0 Å². The zero-order valence-corrected chi connectivity index (χ0v) is 15.0. The first-order valence-electron chi connectivity index (χ1n) is 8.40. The molecule has 1 heterocycles. The monoisotopic (exact) mass is 341 g/mol. The van der Waals surface area contributed by atoms with E-state index in [0.717, 1.165) is 19.3 Å². The van der Waals surface area contributed by atoms with E-state index in [1.807, 2.05) is 20.8 Å². The highest BCUT2D eigenvalue weighted by Crippen LogP contribution is 2.32. The Morgan fingerprint density at radius 3 is 2.52 bits per heavy atom. The molecular weight excluding hydrogens is 314 g/mol. The fourth-order valence-electron chi connectivity index (χ4n) is 2.85. The molecule has 1 aliphatic carbocycles. The van der Waals surface area contributed by atoms with E-state index in [9.17, 15) is 14.4 Å². The normalized spacial score (nSPS) is 21.2. The molecule has 1 N–H and O–H groups in total. The number of likely N-dealkylation sites (N-methyl/N-ethyl adjacent to an activating group) is 1. The molecule has 6 nitrogen and oxygen atoms in total. The van der Waals surface area contributed by atoms with Crippen LogP contribution >= 0.6 is 11.8 Å². The van der Waals surface area contributed by atoms with Crippen molar-refractivity contribution >= 4 is 29.5 Å². The summed E-state index contributed by atoms with van der Waals surface area (Å²) in [5, 5.41) is 2.80. The van der Waals surface area contributed by atoms with Crippen molar-refractivity contribution in [2.24, 2.45) is 5.92 Å². The second-order valence-electron chi connectivity index (χ2n) is 6.53. The SMILES string of the molecule is CCN(CC(=O)NC(C)C)C(=O)[C@H]1CSCN1C(=O)C1CCC1. The van der Waals surface area contributed by atoms with E-state index in [0.29, 0.717) is 18.2 Å². The molecule has 0 spiro atoms. The van der Waals surface area contributed by atoms with Gasteiger partial charge >= 0.3 is 0 Å². The maximum atomic E-state index is 12.8. The predicted octanol–water partition coefficient (Wildman–Crippen LogP) is 1.06. The molecule has 2 fully saturated rings. The van der Waals surface area contributed by atoms with Gasteiger partial charge in [-0.15, -0.1) is 11.8 Å². The molecule has 7 heteroatoms. The summed E-state index contributed by atoms with van der Waals surface area (Å²) in [5.74, 6) is 1.16. The minimum absolute atomic E-state index is 0.0510. The van der Waals surface area contributed by atoms with Crippen LogP contribution in [0.4, 0.5) is 0 Å². The van der Waals surface area contributed by atoms with Crippen LogP contribution in [0.5, 0.6) is 0 Å². The number of hydrogen-bond acceptors (Lipinski definition) is 4. The third-order valence-electron chi connectivity index (χ3n) is 4.38. The van der Waals surface area contributed by atoms with Gasteiger partial charge < -0.3 is 15.1 Å². The van der Waals surface area contributed by atoms with E-state index in [-0.39, 0.29) is 36.2 Å². The van der Waals surface area contributed by atoms with Crippen LogP contribution in [-0.4, -0.2) is 64.3 Å². The highest BCUT2D eigenvalue weighted by molar-refractivity contribution is 7.99. The van der Waals surface area contributed by atoms with Gasteiger partial charge in [0.25, 0.3) is 0 Å². The van der Waals surface area contributed by atoms with Gasteiger partial charge in [-0.25, -0.2) is 0 Å². The molecule has 130 valence electrons. The van der Waals surface area contributed by atoms with Crippen LogP contribution in [0, 0.1) is 5.92 Å². The second kappa shape index (κ2) is 8.04. The van der Waals surface area contributed by atoms with Crippen LogP contribution in [0.3, 0.4) is 0 Å². The molecule has 3 amide bonds. The molecule has 23 heavy (non-hydrogen) atoms. The van der Waals surface area contributed by atoms with Crippen molar-refractivity contribution in [2.45, 2.75) is 52.1 Å². The second-order valence-corrected chi connectivity index (χ2v) is 7.53. The van der Waals surface area contributed by atoms with E-state index in [1.165, 1.54) is 0 Å². The van der Waals surface area contributed by atoms with Gasteiger partial charge in [0, 0.05) is 24.3 Å².